The number of hydrogen-bond donors (Lipinski definition) is 0. The highest BCUT2D eigenvalue weighted by molar-refractivity contribution is 7.90. The summed E-state index contributed by atoms with van der Waals surface area (Å²) in [6, 6.07) is 7.85. The third-order valence-electron chi connectivity index (χ3n) is 2.82. The van der Waals surface area contributed by atoms with Crippen LogP contribution in [0.25, 0.3) is 11.1 Å². The summed E-state index contributed by atoms with van der Waals surface area (Å²) in [7, 11) is -3.56. The van der Waals surface area contributed by atoms with Crippen LogP contribution in [0.2, 0.25) is 0 Å². The minimum Gasteiger partial charge on any atom is -0.224 e. The Balaban J connectivity index is 0.00000106. The molecule has 0 amide bonds. The van der Waals surface area contributed by atoms with Gasteiger partial charge in [-0.15, -0.1) is 0 Å². The number of aryl methyl sites for hydroxylation is 1. The molecule has 0 fully saturated rings. The van der Waals surface area contributed by atoms with Gasteiger partial charge in [0.15, 0.2) is 9.84 Å². The minimum absolute atomic E-state index is 0.0451. The molecule has 21 heavy (non-hydrogen) atoms. The van der Waals surface area contributed by atoms with Crippen molar-refractivity contribution in [1.82, 2.24) is 0 Å². The monoisotopic (exact) mass is 312 g/mol. The van der Waals surface area contributed by atoms with Crippen LogP contribution in [-0.4, -0.2) is 14.7 Å². The molecule has 5 heteroatoms. The van der Waals surface area contributed by atoms with Gasteiger partial charge >= 0.3 is 0 Å². The Labute approximate surface area is 124 Å². The van der Waals surface area contributed by atoms with Crippen molar-refractivity contribution < 1.29 is 17.2 Å². The fourth-order valence-electron chi connectivity index (χ4n) is 1.89. The lowest BCUT2D eigenvalue weighted by molar-refractivity contribution is 0.600. The van der Waals surface area contributed by atoms with Gasteiger partial charge in [0.25, 0.3) is 0 Å². The van der Waals surface area contributed by atoms with E-state index in [-0.39, 0.29) is 16.0 Å². The SMILES string of the molecule is CC.Cc1cccc(-c2cc(F)ccc2S(C)(=O)=O)c1F. The third-order valence-corrected chi connectivity index (χ3v) is 3.98. The predicted octanol–water partition coefficient (Wildman–Crippen LogP) is 4.37. The predicted molar refractivity (Wildman–Crippen MR) is 81.0 cm³/mol. The van der Waals surface area contributed by atoms with E-state index in [4.69, 9.17) is 0 Å². The maximum Gasteiger partial charge on any atom is 0.176 e. The van der Waals surface area contributed by atoms with Crippen LogP contribution in [0.1, 0.15) is 19.4 Å². The molecule has 0 spiro atoms. The largest absolute Gasteiger partial charge is 0.224 e. The molecule has 2 rings (SSSR count). The summed E-state index contributed by atoms with van der Waals surface area (Å²) in [4.78, 5) is -0.0848. The molecule has 0 aromatic heterocycles. The van der Waals surface area contributed by atoms with E-state index in [1.54, 1.807) is 19.1 Å². The molecule has 0 aliphatic carbocycles. The quantitative estimate of drug-likeness (QED) is 0.772. The Bertz CT molecular complexity index is 738. The summed E-state index contributed by atoms with van der Waals surface area (Å²) >= 11 is 0. The normalized spacial score (nSPS) is 10.8. The van der Waals surface area contributed by atoms with Gasteiger partial charge in [-0.3, -0.25) is 0 Å². The molecule has 0 radical (unpaired) electrons. The first-order valence-electron chi connectivity index (χ1n) is 6.56. The van der Waals surface area contributed by atoms with Crippen LogP contribution in [-0.2, 0) is 9.84 Å². The van der Waals surface area contributed by atoms with Crippen LogP contribution in [0.5, 0.6) is 0 Å². The van der Waals surface area contributed by atoms with Crippen LogP contribution in [0.15, 0.2) is 41.3 Å². The smallest absolute Gasteiger partial charge is 0.176 e. The second-order valence-electron chi connectivity index (χ2n) is 4.35. The third kappa shape index (κ3) is 3.88. The summed E-state index contributed by atoms with van der Waals surface area (Å²) in [5.74, 6) is -1.15. The number of halogens is 2. The highest BCUT2D eigenvalue weighted by Gasteiger charge is 2.18. The molecular formula is C16H18F2O2S. The fraction of sp³-hybridized carbons (Fsp3) is 0.250. The van der Waals surface area contributed by atoms with E-state index in [9.17, 15) is 17.2 Å². The van der Waals surface area contributed by atoms with Gasteiger partial charge in [0, 0.05) is 17.4 Å². The van der Waals surface area contributed by atoms with Crippen LogP contribution >= 0.6 is 0 Å². The first kappa shape index (κ1) is 17.3. The van der Waals surface area contributed by atoms with Crippen molar-refractivity contribution in [2.45, 2.75) is 25.7 Å². The molecule has 0 N–H and O–H groups in total. The van der Waals surface area contributed by atoms with E-state index in [1.807, 2.05) is 13.8 Å². The Kier molecular flexibility index (Phi) is 5.61. The van der Waals surface area contributed by atoms with Crippen LogP contribution in [0, 0.1) is 18.6 Å². The molecular weight excluding hydrogens is 294 g/mol. The summed E-state index contributed by atoms with van der Waals surface area (Å²) in [5.41, 5.74) is 0.504. The van der Waals surface area contributed by atoms with E-state index in [0.717, 1.165) is 24.5 Å². The standard InChI is InChI=1S/C14H12F2O2S.C2H6/c1-9-4-3-5-11(14(9)16)12-8-10(15)6-7-13(12)19(2,17)18;1-2/h3-8H,1-2H3;1-2H3. The molecule has 0 saturated heterocycles. The van der Waals surface area contributed by atoms with E-state index in [0.29, 0.717) is 5.56 Å². The van der Waals surface area contributed by atoms with Gasteiger partial charge in [-0.2, -0.15) is 0 Å². The summed E-state index contributed by atoms with van der Waals surface area (Å²) in [5, 5.41) is 0. The summed E-state index contributed by atoms with van der Waals surface area (Å²) in [6.45, 7) is 5.57. The maximum absolute atomic E-state index is 14.1. The van der Waals surface area contributed by atoms with Crippen molar-refractivity contribution in [3.8, 4) is 11.1 Å². The highest BCUT2D eigenvalue weighted by atomic mass is 32.2. The van der Waals surface area contributed by atoms with Gasteiger partial charge in [0.2, 0.25) is 0 Å². The van der Waals surface area contributed by atoms with E-state index in [2.05, 4.69) is 0 Å². The second-order valence-corrected chi connectivity index (χ2v) is 6.33. The molecule has 0 bridgehead atoms. The molecule has 0 aliphatic heterocycles. The van der Waals surface area contributed by atoms with Gasteiger partial charge in [0.05, 0.1) is 4.90 Å². The number of benzene rings is 2. The molecule has 2 nitrogen and oxygen atoms in total. The first-order valence-corrected chi connectivity index (χ1v) is 8.45. The van der Waals surface area contributed by atoms with Gasteiger partial charge in [0.1, 0.15) is 11.6 Å². The van der Waals surface area contributed by atoms with Crippen LogP contribution in [0.4, 0.5) is 8.78 Å². The molecule has 0 aliphatic rings. The zero-order valence-electron chi connectivity index (χ0n) is 12.4. The highest BCUT2D eigenvalue weighted by Crippen LogP contribution is 2.31. The maximum atomic E-state index is 14.1. The minimum atomic E-state index is -3.56. The van der Waals surface area contributed by atoms with Crippen LogP contribution in [0.3, 0.4) is 0 Å². The zero-order chi connectivity index (χ0) is 16.2. The van der Waals surface area contributed by atoms with Crippen molar-refractivity contribution in [3.05, 3.63) is 53.6 Å². The van der Waals surface area contributed by atoms with Crippen molar-refractivity contribution in [1.29, 1.82) is 0 Å². The Hall–Kier alpha value is -1.75. The van der Waals surface area contributed by atoms with Crippen molar-refractivity contribution >= 4 is 9.84 Å². The lowest BCUT2D eigenvalue weighted by atomic mass is 10.0. The van der Waals surface area contributed by atoms with Crippen molar-refractivity contribution in [2.75, 3.05) is 6.26 Å². The molecule has 2 aromatic carbocycles. The van der Waals surface area contributed by atoms with E-state index < -0.39 is 21.5 Å². The zero-order valence-corrected chi connectivity index (χ0v) is 13.3. The van der Waals surface area contributed by atoms with E-state index in [1.165, 1.54) is 6.07 Å². The van der Waals surface area contributed by atoms with Crippen molar-refractivity contribution in [3.63, 3.8) is 0 Å². The van der Waals surface area contributed by atoms with Crippen molar-refractivity contribution in [2.24, 2.45) is 0 Å². The molecule has 2 aromatic rings. The molecule has 0 saturated carbocycles. The number of rotatable bonds is 2. The van der Waals surface area contributed by atoms with E-state index >= 15 is 0 Å². The Morgan fingerprint density at radius 1 is 0.952 bits per heavy atom. The van der Waals surface area contributed by atoms with Gasteiger partial charge in [-0.1, -0.05) is 32.0 Å². The number of hydrogen-bond acceptors (Lipinski definition) is 2. The molecule has 0 unspecified atom stereocenters. The Morgan fingerprint density at radius 3 is 2.14 bits per heavy atom. The summed E-state index contributed by atoms with van der Waals surface area (Å²) in [6.07, 6.45) is 1.01. The molecule has 0 atom stereocenters. The second kappa shape index (κ2) is 6.80. The summed E-state index contributed by atoms with van der Waals surface area (Å²) < 4.78 is 50.8. The Morgan fingerprint density at radius 2 is 1.57 bits per heavy atom. The average molecular weight is 312 g/mol. The van der Waals surface area contributed by atoms with Crippen LogP contribution < -0.4 is 0 Å². The molecule has 114 valence electrons. The average Bonchev–Trinajstić information content (AvgIpc) is 2.42. The van der Waals surface area contributed by atoms with Gasteiger partial charge < -0.3 is 0 Å². The van der Waals surface area contributed by atoms with Gasteiger partial charge in [-0.05, 0) is 30.7 Å². The fourth-order valence-corrected chi connectivity index (χ4v) is 2.78. The molecule has 0 heterocycles. The first-order chi connectivity index (χ1) is 9.80. The lowest BCUT2D eigenvalue weighted by Crippen LogP contribution is -2.02. The van der Waals surface area contributed by atoms with Gasteiger partial charge in [-0.25, -0.2) is 17.2 Å². The topological polar surface area (TPSA) is 34.1 Å². The lowest BCUT2D eigenvalue weighted by Gasteiger charge is -2.10. The number of sulfone groups is 1.